The third-order valence-corrected chi connectivity index (χ3v) is 4.72. The highest BCUT2D eigenvalue weighted by molar-refractivity contribution is 14.1. The van der Waals surface area contributed by atoms with Gasteiger partial charge in [0.25, 0.3) is 0 Å². The van der Waals surface area contributed by atoms with Crippen LogP contribution in [0.5, 0.6) is 0 Å². The van der Waals surface area contributed by atoms with Crippen LogP contribution in [0, 0.1) is 8.99 Å². The van der Waals surface area contributed by atoms with E-state index in [0.29, 0.717) is 18.0 Å². The summed E-state index contributed by atoms with van der Waals surface area (Å²) in [5.74, 6) is 0.0420. The van der Waals surface area contributed by atoms with Crippen LogP contribution in [-0.2, 0) is 4.79 Å². The van der Waals surface area contributed by atoms with Gasteiger partial charge in [-0.3, -0.25) is 4.79 Å². The topological polar surface area (TPSA) is 55.1 Å². The highest BCUT2D eigenvalue weighted by Gasteiger charge is 2.37. The Bertz CT molecular complexity index is 455. The Labute approximate surface area is 126 Å². The van der Waals surface area contributed by atoms with E-state index in [0.717, 1.165) is 22.1 Å². The molecule has 0 bridgehead atoms. The summed E-state index contributed by atoms with van der Waals surface area (Å²) in [6.07, 6.45) is 3.83. The van der Waals surface area contributed by atoms with Crippen LogP contribution in [0.1, 0.15) is 25.7 Å². The molecule has 3 nitrogen and oxygen atoms in total. The standard InChI is InChI=1S/C13H16ClIN2O/c14-9-2-3-11(10(15)6-9)17-12(18)7-13(8-16)4-1-5-13/h2-3,6H,1,4-5,7-8,16H2,(H,17,18). The molecule has 1 aromatic carbocycles. The van der Waals surface area contributed by atoms with Crippen molar-refractivity contribution in [1.82, 2.24) is 0 Å². The summed E-state index contributed by atoms with van der Waals surface area (Å²) in [5, 5.41) is 3.61. The quantitative estimate of drug-likeness (QED) is 0.789. The molecule has 5 heteroatoms. The monoisotopic (exact) mass is 378 g/mol. The van der Waals surface area contributed by atoms with E-state index in [1.165, 1.54) is 6.42 Å². The van der Waals surface area contributed by atoms with Crippen molar-refractivity contribution in [3.63, 3.8) is 0 Å². The number of halogens is 2. The van der Waals surface area contributed by atoms with Crippen molar-refractivity contribution in [2.24, 2.45) is 11.1 Å². The summed E-state index contributed by atoms with van der Waals surface area (Å²) in [4.78, 5) is 12.0. The lowest BCUT2D eigenvalue weighted by Gasteiger charge is -2.40. The number of rotatable bonds is 4. The summed E-state index contributed by atoms with van der Waals surface area (Å²) in [5.41, 5.74) is 6.62. The number of amides is 1. The average Bonchev–Trinajstić information content (AvgIpc) is 2.27. The Balaban J connectivity index is 1.98. The van der Waals surface area contributed by atoms with Gasteiger partial charge in [0.15, 0.2) is 0 Å². The normalized spacial score (nSPS) is 17.1. The van der Waals surface area contributed by atoms with Gasteiger partial charge in [-0.1, -0.05) is 18.0 Å². The van der Waals surface area contributed by atoms with E-state index in [4.69, 9.17) is 17.3 Å². The van der Waals surface area contributed by atoms with Crippen LogP contribution in [-0.4, -0.2) is 12.5 Å². The Morgan fingerprint density at radius 2 is 2.22 bits per heavy atom. The van der Waals surface area contributed by atoms with E-state index in [9.17, 15) is 4.79 Å². The van der Waals surface area contributed by atoms with E-state index in [-0.39, 0.29) is 11.3 Å². The number of nitrogens with two attached hydrogens (primary N) is 1. The van der Waals surface area contributed by atoms with Crippen molar-refractivity contribution in [3.05, 3.63) is 26.8 Å². The first-order chi connectivity index (χ1) is 8.54. The molecule has 0 aliphatic heterocycles. The number of benzene rings is 1. The average molecular weight is 379 g/mol. The first-order valence-electron chi connectivity index (χ1n) is 6.00. The summed E-state index contributed by atoms with van der Waals surface area (Å²) >= 11 is 8.05. The Morgan fingerprint density at radius 1 is 1.50 bits per heavy atom. The van der Waals surface area contributed by atoms with E-state index >= 15 is 0 Å². The largest absolute Gasteiger partial charge is 0.330 e. The molecule has 2 rings (SSSR count). The van der Waals surface area contributed by atoms with Crippen molar-refractivity contribution in [2.45, 2.75) is 25.7 Å². The van der Waals surface area contributed by atoms with Crippen LogP contribution >= 0.6 is 34.2 Å². The highest BCUT2D eigenvalue weighted by atomic mass is 127. The number of nitrogens with one attached hydrogen (secondary N) is 1. The van der Waals surface area contributed by atoms with Crippen molar-refractivity contribution in [3.8, 4) is 0 Å². The maximum atomic E-state index is 12.0. The molecule has 0 spiro atoms. The second kappa shape index (κ2) is 5.75. The lowest BCUT2D eigenvalue weighted by molar-refractivity contribution is -0.119. The molecule has 0 aromatic heterocycles. The third kappa shape index (κ3) is 3.16. The van der Waals surface area contributed by atoms with Gasteiger partial charge in [0.1, 0.15) is 0 Å². The number of hydrogen-bond donors (Lipinski definition) is 2. The molecule has 0 heterocycles. The second-order valence-corrected chi connectivity index (χ2v) is 6.51. The molecule has 1 fully saturated rings. The molecule has 1 aromatic rings. The first kappa shape index (κ1) is 14.1. The van der Waals surface area contributed by atoms with Gasteiger partial charge < -0.3 is 11.1 Å². The first-order valence-corrected chi connectivity index (χ1v) is 7.45. The predicted octanol–water partition coefficient (Wildman–Crippen LogP) is 3.40. The molecule has 0 radical (unpaired) electrons. The minimum absolute atomic E-state index is 0.0420. The van der Waals surface area contributed by atoms with Crippen LogP contribution in [0.4, 0.5) is 5.69 Å². The summed E-state index contributed by atoms with van der Waals surface area (Å²) in [6.45, 7) is 0.595. The van der Waals surface area contributed by atoms with Crippen molar-refractivity contribution in [1.29, 1.82) is 0 Å². The molecule has 18 heavy (non-hydrogen) atoms. The fourth-order valence-electron chi connectivity index (χ4n) is 2.26. The van der Waals surface area contributed by atoms with Gasteiger partial charge >= 0.3 is 0 Å². The van der Waals surface area contributed by atoms with Crippen molar-refractivity contribution in [2.75, 3.05) is 11.9 Å². The van der Waals surface area contributed by atoms with Gasteiger partial charge in [0.2, 0.25) is 5.91 Å². The summed E-state index contributed by atoms with van der Waals surface area (Å²) in [6, 6.07) is 5.44. The van der Waals surface area contributed by atoms with Gasteiger partial charge in [-0.25, -0.2) is 0 Å². The minimum atomic E-state index is 0.0420. The molecule has 0 unspecified atom stereocenters. The van der Waals surface area contributed by atoms with Gasteiger partial charge in [0, 0.05) is 15.0 Å². The van der Waals surface area contributed by atoms with E-state index < -0.39 is 0 Å². The fourth-order valence-corrected chi connectivity index (χ4v) is 3.26. The van der Waals surface area contributed by atoms with Crippen LogP contribution in [0.25, 0.3) is 0 Å². The van der Waals surface area contributed by atoms with Crippen LogP contribution in [0.3, 0.4) is 0 Å². The maximum absolute atomic E-state index is 12.0. The Kier molecular flexibility index (Phi) is 4.50. The fraction of sp³-hybridized carbons (Fsp3) is 0.462. The predicted molar refractivity (Wildman–Crippen MR) is 82.8 cm³/mol. The summed E-state index contributed by atoms with van der Waals surface area (Å²) < 4.78 is 0.948. The number of hydrogen-bond acceptors (Lipinski definition) is 2. The van der Waals surface area contributed by atoms with Gasteiger partial charge in [-0.2, -0.15) is 0 Å². The van der Waals surface area contributed by atoms with Crippen LogP contribution in [0.15, 0.2) is 18.2 Å². The lowest BCUT2D eigenvalue weighted by Crippen LogP contribution is -2.40. The molecule has 98 valence electrons. The van der Waals surface area contributed by atoms with Gasteiger partial charge in [-0.15, -0.1) is 0 Å². The Morgan fingerprint density at radius 3 is 2.72 bits per heavy atom. The number of carbonyl (C=O) groups is 1. The van der Waals surface area contributed by atoms with Gasteiger partial charge in [0.05, 0.1) is 5.69 Å². The maximum Gasteiger partial charge on any atom is 0.225 e. The Hall–Kier alpha value is -0.330. The highest BCUT2D eigenvalue weighted by Crippen LogP contribution is 2.43. The summed E-state index contributed by atoms with van der Waals surface area (Å²) in [7, 11) is 0. The van der Waals surface area contributed by atoms with E-state index in [1.807, 2.05) is 12.1 Å². The lowest BCUT2D eigenvalue weighted by atomic mass is 9.66. The molecule has 1 aliphatic rings. The van der Waals surface area contributed by atoms with Gasteiger partial charge in [-0.05, 0) is 65.6 Å². The second-order valence-electron chi connectivity index (χ2n) is 4.91. The van der Waals surface area contributed by atoms with Crippen molar-refractivity contribution < 1.29 is 4.79 Å². The third-order valence-electron chi connectivity index (χ3n) is 3.59. The molecule has 0 atom stereocenters. The van der Waals surface area contributed by atoms with Crippen molar-refractivity contribution >= 4 is 45.8 Å². The molecule has 0 saturated heterocycles. The molecule has 1 amide bonds. The number of carbonyl (C=O) groups excluding carboxylic acids is 1. The zero-order chi connectivity index (χ0) is 13.2. The molecule has 1 aliphatic carbocycles. The molecular weight excluding hydrogens is 363 g/mol. The molecular formula is C13H16ClIN2O. The van der Waals surface area contributed by atoms with E-state index in [1.54, 1.807) is 6.07 Å². The number of anilines is 1. The zero-order valence-corrected chi connectivity index (χ0v) is 12.9. The SMILES string of the molecule is NCC1(CC(=O)Nc2ccc(Cl)cc2I)CCC1. The smallest absolute Gasteiger partial charge is 0.225 e. The molecule has 3 N–H and O–H groups in total. The van der Waals surface area contributed by atoms with E-state index in [2.05, 4.69) is 27.9 Å². The van der Waals surface area contributed by atoms with Crippen LogP contribution < -0.4 is 11.1 Å². The zero-order valence-electron chi connectivity index (χ0n) is 10.0. The van der Waals surface area contributed by atoms with Crippen LogP contribution in [0.2, 0.25) is 5.02 Å². The minimum Gasteiger partial charge on any atom is -0.330 e. The molecule has 1 saturated carbocycles.